The topological polar surface area (TPSA) is 55.3 Å². The Morgan fingerprint density at radius 2 is 1.39 bits per heavy atom. The largest absolute Gasteiger partial charge is 0.461 e. The van der Waals surface area contributed by atoms with Crippen LogP contribution in [0.3, 0.4) is 0 Å². The van der Waals surface area contributed by atoms with Gasteiger partial charge in [-0.05, 0) is 43.0 Å². The number of rotatable bonds is 7. The van der Waals surface area contributed by atoms with Crippen LogP contribution in [0.1, 0.15) is 39.7 Å². The molecule has 5 heteroatoms. The molecule has 3 rings (SSSR count). The Bertz CT molecular complexity index is 886. The van der Waals surface area contributed by atoms with Gasteiger partial charge in [0.25, 0.3) is 0 Å². The fraction of sp³-hybridized carbons (Fsp3) is 0.261. The maximum atomic E-state index is 12.1. The number of ether oxygens (including phenoxy) is 1. The first-order chi connectivity index (χ1) is 13.6. The van der Waals surface area contributed by atoms with E-state index in [1.807, 2.05) is 50.2 Å². The molecule has 3 aromatic rings. The number of carbonyl (C=O) groups excluding carboxylic acids is 1. The molecule has 0 aliphatic heterocycles. The quantitative estimate of drug-likeness (QED) is 0.570. The van der Waals surface area contributed by atoms with Crippen molar-refractivity contribution in [2.24, 2.45) is 0 Å². The Morgan fingerprint density at radius 1 is 0.857 bits per heavy atom. The number of nitrogens with zero attached hydrogens (tertiary/aromatic N) is 3. The van der Waals surface area contributed by atoms with Crippen LogP contribution in [0.25, 0.3) is 0 Å². The SMILES string of the molecule is CCOC(=O)c1nnc(N(Cc2ccccc2)Cc2ccccc2)c(C)c1C. The van der Waals surface area contributed by atoms with Crippen molar-refractivity contribution < 1.29 is 9.53 Å². The maximum Gasteiger partial charge on any atom is 0.359 e. The molecule has 0 atom stereocenters. The molecule has 28 heavy (non-hydrogen) atoms. The van der Waals surface area contributed by atoms with Gasteiger partial charge in [-0.25, -0.2) is 4.79 Å². The number of benzene rings is 2. The smallest absolute Gasteiger partial charge is 0.359 e. The molecule has 0 amide bonds. The maximum absolute atomic E-state index is 12.1. The molecule has 0 spiro atoms. The standard InChI is InChI=1S/C23H25N3O2/c1-4-28-23(27)21-17(2)18(3)22(25-24-21)26(15-19-11-7-5-8-12-19)16-20-13-9-6-10-14-20/h5-14H,4,15-16H2,1-3H3. The van der Waals surface area contributed by atoms with E-state index in [1.165, 1.54) is 11.1 Å². The highest BCUT2D eigenvalue weighted by Crippen LogP contribution is 2.25. The molecule has 1 aromatic heterocycles. The molecule has 5 nitrogen and oxygen atoms in total. The van der Waals surface area contributed by atoms with Gasteiger partial charge in [0.1, 0.15) is 0 Å². The van der Waals surface area contributed by atoms with E-state index in [9.17, 15) is 4.79 Å². The number of esters is 1. The van der Waals surface area contributed by atoms with Crippen molar-refractivity contribution in [1.82, 2.24) is 10.2 Å². The van der Waals surface area contributed by atoms with Gasteiger partial charge in [-0.15, -0.1) is 10.2 Å². The lowest BCUT2D eigenvalue weighted by molar-refractivity contribution is 0.0517. The van der Waals surface area contributed by atoms with Crippen molar-refractivity contribution in [3.63, 3.8) is 0 Å². The second kappa shape index (κ2) is 9.13. The van der Waals surface area contributed by atoms with Crippen molar-refractivity contribution >= 4 is 11.8 Å². The second-order valence-corrected chi connectivity index (χ2v) is 6.67. The van der Waals surface area contributed by atoms with E-state index >= 15 is 0 Å². The predicted molar refractivity (Wildman–Crippen MR) is 110 cm³/mol. The van der Waals surface area contributed by atoms with Crippen LogP contribution in [0.15, 0.2) is 60.7 Å². The summed E-state index contributed by atoms with van der Waals surface area (Å²) < 4.78 is 5.10. The summed E-state index contributed by atoms with van der Waals surface area (Å²) >= 11 is 0. The van der Waals surface area contributed by atoms with Crippen LogP contribution in [0, 0.1) is 13.8 Å². The van der Waals surface area contributed by atoms with Crippen molar-refractivity contribution in [1.29, 1.82) is 0 Å². The fourth-order valence-corrected chi connectivity index (χ4v) is 3.10. The van der Waals surface area contributed by atoms with Crippen LogP contribution in [0.2, 0.25) is 0 Å². The molecule has 144 valence electrons. The average molecular weight is 375 g/mol. The van der Waals surface area contributed by atoms with Crippen LogP contribution in [-0.2, 0) is 17.8 Å². The summed E-state index contributed by atoms with van der Waals surface area (Å²) in [5, 5.41) is 8.61. The fourth-order valence-electron chi connectivity index (χ4n) is 3.10. The normalized spacial score (nSPS) is 10.5. The summed E-state index contributed by atoms with van der Waals surface area (Å²) in [4.78, 5) is 14.3. The minimum atomic E-state index is -0.431. The minimum Gasteiger partial charge on any atom is -0.461 e. The van der Waals surface area contributed by atoms with Crippen molar-refractivity contribution in [3.8, 4) is 0 Å². The Balaban J connectivity index is 1.97. The summed E-state index contributed by atoms with van der Waals surface area (Å²) in [6.07, 6.45) is 0. The summed E-state index contributed by atoms with van der Waals surface area (Å²) in [6, 6.07) is 20.5. The Labute approximate surface area is 166 Å². The Hall–Kier alpha value is -3.21. The zero-order valence-corrected chi connectivity index (χ0v) is 16.6. The molecular weight excluding hydrogens is 350 g/mol. The molecule has 0 fully saturated rings. The van der Waals surface area contributed by atoms with Gasteiger partial charge >= 0.3 is 5.97 Å². The zero-order chi connectivity index (χ0) is 19.9. The van der Waals surface area contributed by atoms with Gasteiger partial charge in [-0.2, -0.15) is 0 Å². The first-order valence-corrected chi connectivity index (χ1v) is 9.44. The Morgan fingerprint density at radius 3 is 1.89 bits per heavy atom. The third kappa shape index (κ3) is 4.55. The van der Waals surface area contributed by atoms with Crippen molar-refractivity contribution in [3.05, 3.63) is 88.6 Å². The van der Waals surface area contributed by atoms with E-state index in [-0.39, 0.29) is 5.69 Å². The molecule has 0 aliphatic carbocycles. The summed E-state index contributed by atoms with van der Waals surface area (Å²) in [7, 11) is 0. The lowest BCUT2D eigenvalue weighted by Gasteiger charge is -2.26. The van der Waals surface area contributed by atoms with Crippen LogP contribution in [0.5, 0.6) is 0 Å². The number of anilines is 1. The highest BCUT2D eigenvalue weighted by molar-refractivity contribution is 5.89. The van der Waals surface area contributed by atoms with Gasteiger partial charge in [0.2, 0.25) is 0 Å². The third-order valence-electron chi connectivity index (χ3n) is 4.70. The Kier molecular flexibility index (Phi) is 6.37. The predicted octanol–water partition coefficient (Wildman–Crippen LogP) is 4.48. The summed E-state index contributed by atoms with van der Waals surface area (Å²) in [5.74, 6) is 0.345. The van der Waals surface area contributed by atoms with Crippen molar-refractivity contribution in [2.75, 3.05) is 11.5 Å². The molecule has 0 aliphatic rings. The van der Waals surface area contributed by atoms with E-state index in [0.29, 0.717) is 19.7 Å². The summed E-state index contributed by atoms with van der Waals surface area (Å²) in [6.45, 7) is 7.36. The first-order valence-electron chi connectivity index (χ1n) is 9.44. The molecule has 0 saturated heterocycles. The van der Waals surface area contributed by atoms with E-state index in [0.717, 1.165) is 16.9 Å². The van der Waals surface area contributed by atoms with Gasteiger partial charge in [-0.1, -0.05) is 60.7 Å². The highest BCUT2D eigenvalue weighted by atomic mass is 16.5. The lowest BCUT2D eigenvalue weighted by Crippen LogP contribution is -2.26. The van der Waals surface area contributed by atoms with Gasteiger partial charge in [-0.3, -0.25) is 0 Å². The highest BCUT2D eigenvalue weighted by Gasteiger charge is 2.20. The van der Waals surface area contributed by atoms with E-state index in [1.54, 1.807) is 6.92 Å². The number of hydrogen-bond donors (Lipinski definition) is 0. The molecule has 0 unspecified atom stereocenters. The van der Waals surface area contributed by atoms with E-state index < -0.39 is 5.97 Å². The van der Waals surface area contributed by atoms with Gasteiger partial charge < -0.3 is 9.64 Å². The monoisotopic (exact) mass is 375 g/mol. The van der Waals surface area contributed by atoms with Gasteiger partial charge in [0.05, 0.1) is 6.61 Å². The van der Waals surface area contributed by atoms with E-state index in [2.05, 4.69) is 39.4 Å². The number of carbonyl (C=O) groups is 1. The van der Waals surface area contributed by atoms with Crippen LogP contribution in [0.4, 0.5) is 5.82 Å². The van der Waals surface area contributed by atoms with Crippen molar-refractivity contribution in [2.45, 2.75) is 33.9 Å². The number of hydrogen-bond acceptors (Lipinski definition) is 5. The van der Waals surface area contributed by atoms with Crippen LogP contribution in [-0.4, -0.2) is 22.8 Å². The molecular formula is C23H25N3O2. The molecule has 2 aromatic carbocycles. The molecule has 0 N–H and O–H groups in total. The molecule has 0 radical (unpaired) electrons. The van der Waals surface area contributed by atoms with Crippen LogP contribution >= 0.6 is 0 Å². The molecule has 0 bridgehead atoms. The molecule has 0 saturated carbocycles. The summed E-state index contributed by atoms with van der Waals surface area (Å²) in [5.41, 5.74) is 4.39. The minimum absolute atomic E-state index is 0.280. The van der Waals surface area contributed by atoms with Gasteiger partial charge in [0.15, 0.2) is 11.5 Å². The first kappa shape index (κ1) is 19.5. The van der Waals surface area contributed by atoms with Crippen LogP contribution < -0.4 is 4.90 Å². The number of aromatic nitrogens is 2. The zero-order valence-electron chi connectivity index (χ0n) is 16.6. The lowest BCUT2D eigenvalue weighted by atomic mass is 10.1. The second-order valence-electron chi connectivity index (χ2n) is 6.67. The molecule has 1 heterocycles. The van der Waals surface area contributed by atoms with Gasteiger partial charge in [0, 0.05) is 13.1 Å². The average Bonchev–Trinajstić information content (AvgIpc) is 2.71. The van der Waals surface area contributed by atoms with E-state index in [4.69, 9.17) is 4.74 Å². The third-order valence-corrected chi connectivity index (χ3v) is 4.70.